The molecule has 0 spiro atoms. The summed E-state index contributed by atoms with van der Waals surface area (Å²) in [6.45, 7) is 2.10. The van der Waals surface area contributed by atoms with E-state index in [0.29, 0.717) is 11.4 Å². The summed E-state index contributed by atoms with van der Waals surface area (Å²) in [7, 11) is 0. The van der Waals surface area contributed by atoms with Crippen molar-refractivity contribution in [2.24, 2.45) is 0 Å². The number of nitrogens with zero attached hydrogens (tertiary/aromatic N) is 1. The third kappa shape index (κ3) is 4.75. The second-order valence-electron chi connectivity index (χ2n) is 6.53. The first-order valence-corrected chi connectivity index (χ1v) is 10.0. The van der Waals surface area contributed by atoms with Crippen LogP contribution in [0.1, 0.15) is 45.4 Å². The van der Waals surface area contributed by atoms with Crippen LogP contribution in [0.5, 0.6) is 5.75 Å². The van der Waals surface area contributed by atoms with Gasteiger partial charge in [0.2, 0.25) is 0 Å². The van der Waals surface area contributed by atoms with Gasteiger partial charge in [-0.3, -0.25) is 4.98 Å². The predicted octanol–water partition coefficient (Wildman–Crippen LogP) is 6.38. The number of anilines is 1. The topological polar surface area (TPSA) is 34.1 Å². The van der Waals surface area contributed by atoms with Crippen molar-refractivity contribution >= 4 is 28.4 Å². The summed E-state index contributed by atoms with van der Waals surface area (Å²) in [6, 6.07) is 5.06. The van der Waals surface area contributed by atoms with Crippen LogP contribution in [0.3, 0.4) is 0 Å². The summed E-state index contributed by atoms with van der Waals surface area (Å²) < 4.78 is 42.3. The van der Waals surface area contributed by atoms with Crippen LogP contribution in [0.15, 0.2) is 29.3 Å². The maximum Gasteiger partial charge on any atom is 0.573 e. The van der Waals surface area contributed by atoms with Crippen molar-refractivity contribution in [3.63, 3.8) is 0 Å². The molecule has 1 aromatic carbocycles. The molecule has 7 heteroatoms. The van der Waals surface area contributed by atoms with Gasteiger partial charge in [0.1, 0.15) is 5.52 Å². The van der Waals surface area contributed by atoms with Crippen molar-refractivity contribution in [1.29, 1.82) is 0 Å². The number of ether oxygens (including phenoxy) is 1. The Bertz CT molecular complexity index is 745. The minimum Gasteiger partial charge on any atom is -0.403 e. The molecule has 1 fully saturated rings. The molecule has 0 radical (unpaired) electrons. The molecule has 3 rings (SSSR count). The summed E-state index contributed by atoms with van der Waals surface area (Å²) in [4.78, 5) is 5.27. The quantitative estimate of drug-likeness (QED) is 0.586. The highest BCUT2D eigenvalue weighted by Crippen LogP contribution is 2.39. The number of aromatic nitrogens is 1. The van der Waals surface area contributed by atoms with Crippen molar-refractivity contribution in [3.05, 3.63) is 24.4 Å². The van der Waals surface area contributed by atoms with Crippen molar-refractivity contribution in [3.8, 4) is 5.75 Å². The number of benzene rings is 1. The van der Waals surface area contributed by atoms with Crippen molar-refractivity contribution < 1.29 is 17.9 Å². The number of alkyl halides is 3. The molecule has 0 bridgehead atoms. The third-order valence-electron chi connectivity index (χ3n) is 4.47. The van der Waals surface area contributed by atoms with E-state index in [2.05, 4.69) is 22.0 Å². The number of nitrogens with one attached hydrogen (secondary N) is 1. The number of hydrogen-bond acceptors (Lipinski definition) is 4. The maximum atomic E-state index is 12.7. The molecule has 0 atom stereocenters. The zero-order chi connectivity index (χ0) is 18.6. The number of fused-ring (bicyclic) bond motifs is 1. The lowest BCUT2D eigenvalue weighted by molar-refractivity contribution is -0.274. The molecule has 1 aliphatic carbocycles. The molecule has 26 heavy (non-hydrogen) atoms. The van der Waals surface area contributed by atoms with Crippen LogP contribution < -0.4 is 10.1 Å². The Morgan fingerprint density at radius 2 is 2.00 bits per heavy atom. The van der Waals surface area contributed by atoms with Crippen molar-refractivity contribution in [2.75, 3.05) is 11.1 Å². The normalized spacial score (nSPS) is 16.0. The summed E-state index contributed by atoms with van der Waals surface area (Å²) in [6.07, 6.45) is 3.72. The third-order valence-corrected chi connectivity index (χ3v) is 5.70. The minimum atomic E-state index is -4.73. The highest BCUT2D eigenvalue weighted by molar-refractivity contribution is 7.99. The van der Waals surface area contributed by atoms with Gasteiger partial charge >= 0.3 is 6.36 Å². The highest BCUT2D eigenvalue weighted by atomic mass is 32.2. The molecular formula is C19H23F3N2OS. The van der Waals surface area contributed by atoms with Crippen LogP contribution >= 0.6 is 11.8 Å². The number of pyridine rings is 1. The van der Waals surface area contributed by atoms with Crippen LogP contribution in [0.4, 0.5) is 18.9 Å². The Balaban J connectivity index is 2.02. The first kappa shape index (κ1) is 19.1. The van der Waals surface area contributed by atoms with Crippen LogP contribution in [0, 0.1) is 0 Å². The van der Waals surface area contributed by atoms with Gasteiger partial charge in [-0.1, -0.05) is 38.3 Å². The van der Waals surface area contributed by atoms with E-state index >= 15 is 0 Å². The smallest absolute Gasteiger partial charge is 0.403 e. The molecule has 0 aliphatic heterocycles. The molecule has 2 aromatic rings. The van der Waals surface area contributed by atoms with Gasteiger partial charge in [-0.05, 0) is 31.1 Å². The predicted molar refractivity (Wildman–Crippen MR) is 99.9 cm³/mol. The van der Waals surface area contributed by atoms with E-state index < -0.39 is 6.36 Å². The lowest BCUT2D eigenvalue weighted by Gasteiger charge is -2.26. The number of thioether (sulfide) groups is 1. The van der Waals surface area contributed by atoms with Gasteiger partial charge in [-0.25, -0.2) is 0 Å². The van der Waals surface area contributed by atoms with Crippen LogP contribution in [0.2, 0.25) is 0 Å². The van der Waals surface area contributed by atoms with Crippen molar-refractivity contribution in [2.45, 2.75) is 62.7 Å². The standard InChI is InChI=1S/C19H23F3N2OS/c1-2-11-26-16-12-23-17-14(9-6-10-15(17)25-19(20,21)22)18(16)24-13-7-4-3-5-8-13/h6,9-10,12-13H,2-5,7-8,11H2,1H3,(H,23,24). The number of para-hydroxylation sites is 1. The maximum absolute atomic E-state index is 12.7. The Hall–Kier alpha value is -1.63. The van der Waals surface area contributed by atoms with E-state index in [1.54, 1.807) is 24.0 Å². The Labute approximate surface area is 155 Å². The number of rotatable bonds is 6. The van der Waals surface area contributed by atoms with E-state index in [0.717, 1.165) is 35.6 Å². The summed E-state index contributed by atoms with van der Waals surface area (Å²) in [5.41, 5.74) is 1.12. The summed E-state index contributed by atoms with van der Waals surface area (Å²) in [5.74, 6) is 0.680. The number of hydrogen-bond donors (Lipinski definition) is 1. The Morgan fingerprint density at radius 3 is 2.69 bits per heavy atom. The van der Waals surface area contributed by atoms with E-state index in [-0.39, 0.29) is 11.3 Å². The van der Waals surface area contributed by atoms with Gasteiger partial charge in [-0.15, -0.1) is 24.9 Å². The highest BCUT2D eigenvalue weighted by Gasteiger charge is 2.32. The van der Waals surface area contributed by atoms with Crippen LogP contribution in [0.25, 0.3) is 10.9 Å². The Kier molecular flexibility index (Phi) is 6.16. The molecule has 1 heterocycles. The Morgan fingerprint density at radius 1 is 1.23 bits per heavy atom. The fourth-order valence-electron chi connectivity index (χ4n) is 3.31. The largest absolute Gasteiger partial charge is 0.573 e. The van der Waals surface area contributed by atoms with E-state index in [4.69, 9.17) is 0 Å². The molecule has 142 valence electrons. The SMILES string of the molecule is CCCSc1cnc2c(OC(F)(F)F)cccc2c1NC1CCCCC1. The molecule has 3 nitrogen and oxygen atoms in total. The van der Waals surface area contributed by atoms with E-state index in [9.17, 15) is 13.2 Å². The second-order valence-corrected chi connectivity index (χ2v) is 7.66. The molecule has 1 aromatic heterocycles. The van der Waals surface area contributed by atoms with Gasteiger partial charge in [0.05, 0.1) is 5.69 Å². The molecule has 1 N–H and O–H groups in total. The molecular weight excluding hydrogens is 361 g/mol. The zero-order valence-electron chi connectivity index (χ0n) is 14.7. The van der Waals surface area contributed by atoms with Gasteiger partial charge in [0.25, 0.3) is 0 Å². The first-order valence-electron chi connectivity index (χ1n) is 9.04. The second kappa shape index (κ2) is 8.37. The molecule has 0 amide bonds. The van der Waals surface area contributed by atoms with Gasteiger partial charge in [0.15, 0.2) is 5.75 Å². The van der Waals surface area contributed by atoms with Gasteiger partial charge in [0, 0.05) is 22.5 Å². The average molecular weight is 384 g/mol. The lowest BCUT2D eigenvalue weighted by Crippen LogP contribution is -2.23. The monoisotopic (exact) mass is 384 g/mol. The van der Waals surface area contributed by atoms with Gasteiger partial charge in [-0.2, -0.15) is 0 Å². The average Bonchev–Trinajstić information content (AvgIpc) is 2.61. The lowest BCUT2D eigenvalue weighted by atomic mass is 9.95. The van der Waals surface area contributed by atoms with E-state index in [1.165, 1.54) is 25.3 Å². The zero-order valence-corrected chi connectivity index (χ0v) is 15.6. The summed E-state index contributed by atoms with van der Waals surface area (Å²) >= 11 is 1.68. The fourth-order valence-corrected chi connectivity index (χ4v) is 4.17. The van der Waals surface area contributed by atoms with E-state index in [1.807, 2.05) is 6.07 Å². The fraction of sp³-hybridized carbons (Fsp3) is 0.526. The molecule has 1 aliphatic rings. The molecule has 0 unspecified atom stereocenters. The van der Waals surface area contributed by atoms with Crippen molar-refractivity contribution in [1.82, 2.24) is 4.98 Å². The first-order chi connectivity index (χ1) is 12.5. The summed E-state index contributed by atoms with van der Waals surface area (Å²) in [5, 5.41) is 4.27. The molecule has 0 saturated heterocycles. The van der Waals surface area contributed by atoms with Crippen LogP contribution in [-0.2, 0) is 0 Å². The van der Waals surface area contributed by atoms with Gasteiger partial charge < -0.3 is 10.1 Å². The van der Waals surface area contributed by atoms with Crippen LogP contribution in [-0.4, -0.2) is 23.1 Å². The number of halogens is 3. The molecule has 1 saturated carbocycles. The minimum absolute atomic E-state index is 0.240.